The van der Waals surface area contributed by atoms with Gasteiger partial charge in [0.25, 0.3) is 5.91 Å². The number of pyridine rings is 1. The molecule has 2 aromatic heterocycles. The summed E-state index contributed by atoms with van der Waals surface area (Å²) in [6, 6.07) is 6.43. The molecule has 1 fully saturated rings. The van der Waals surface area contributed by atoms with Crippen LogP contribution in [0.15, 0.2) is 30.6 Å². The Labute approximate surface area is 155 Å². The monoisotopic (exact) mass is 355 g/mol. The van der Waals surface area contributed by atoms with E-state index >= 15 is 0 Å². The molecule has 1 aliphatic heterocycles. The van der Waals surface area contributed by atoms with Crippen molar-refractivity contribution in [1.82, 2.24) is 24.6 Å². The van der Waals surface area contributed by atoms with Crippen LogP contribution in [0.3, 0.4) is 0 Å². The maximum absolute atomic E-state index is 13.0. The number of carbonyl (C=O) groups is 1. The highest BCUT2D eigenvalue weighted by atomic mass is 16.2. The first-order chi connectivity index (χ1) is 12.6. The molecule has 0 aromatic carbocycles. The van der Waals surface area contributed by atoms with E-state index in [-0.39, 0.29) is 5.91 Å². The zero-order chi connectivity index (χ0) is 18.5. The maximum Gasteiger partial charge on any atom is 0.272 e. The van der Waals surface area contributed by atoms with Crippen LogP contribution in [0.4, 0.5) is 0 Å². The lowest BCUT2D eigenvalue weighted by atomic mass is 10.0. The number of piperidine rings is 1. The van der Waals surface area contributed by atoms with Crippen molar-refractivity contribution in [2.24, 2.45) is 0 Å². The van der Waals surface area contributed by atoms with E-state index in [2.05, 4.69) is 34.0 Å². The molecule has 2 aromatic rings. The summed E-state index contributed by atoms with van der Waals surface area (Å²) in [5, 5.41) is 4.42. The fourth-order valence-corrected chi connectivity index (χ4v) is 3.78. The van der Waals surface area contributed by atoms with Gasteiger partial charge in [-0.05, 0) is 57.0 Å². The second kappa shape index (κ2) is 8.45. The van der Waals surface area contributed by atoms with E-state index < -0.39 is 0 Å². The number of nitrogens with zero attached hydrogens (tertiary/aromatic N) is 5. The molecule has 3 rings (SSSR count). The van der Waals surface area contributed by atoms with E-state index in [1.54, 1.807) is 0 Å². The molecular formula is C20H29N5O. The van der Waals surface area contributed by atoms with Crippen molar-refractivity contribution in [3.05, 3.63) is 47.5 Å². The molecule has 0 N–H and O–H groups in total. The molecular weight excluding hydrogens is 326 g/mol. The lowest BCUT2D eigenvalue weighted by Crippen LogP contribution is -2.49. The van der Waals surface area contributed by atoms with Gasteiger partial charge in [0.15, 0.2) is 0 Å². The summed E-state index contributed by atoms with van der Waals surface area (Å²) in [6.45, 7) is 10.4. The van der Waals surface area contributed by atoms with Crippen LogP contribution in [-0.2, 0) is 13.1 Å². The van der Waals surface area contributed by atoms with Crippen molar-refractivity contribution in [3.63, 3.8) is 0 Å². The predicted molar refractivity (Wildman–Crippen MR) is 102 cm³/mol. The minimum absolute atomic E-state index is 0.108. The average molecular weight is 355 g/mol. The Kier molecular flexibility index (Phi) is 6.04. The van der Waals surface area contributed by atoms with Gasteiger partial charge in [0.1, 0.15) is 5.69 Å². The summed E-state index contributed by atoms with van der Waals surface area (Å²) in [7, 11) is 0. The van der Waals surface area contributed by atoms with Crippen LogP contribution in [-0.4, -0.2) is 56.1 Å². The van der Waals surface area contributed by atoms with Crippen LogP contribution >= 0.6 is 0 Å². The fourth-order valence-electron chi connectivity index (χ4n) is 3.78. The number of aryl methyl sites for hydroxylation is 2. The Bertz CT molecular complexity index is 727. The third-order valence-electron chi connectivity index (χ3n) is 5.16. The first-order valence-corrected chi connectivity index (χ1v) is 9.59. The van der Waals surface area contributed by atoms with E-state index in [4.69, 9.17) is 0 Å². The van der Waals surface area contributed by atoms with Crippen molar-refractivity contribution in [2.75, 3.05) is 19.6 Å². The highest BCUT2D eigenvalue weighted by Gasteiger charge is 2.29. The standard InChI is InChI=1S/C20H29N5O/c1-4-23(14-17-8-10-21-11-9-17)18-7-6-12-24(15-18)20(26)19-13-16(3)22-25(19)5-2/h8-11,13,18H,4-7,12,14-15H2,1-3H3. The Balaban J connectivity index is 1.70. The van der Waals surface area contributed by atoms with Crippen molar-refractivity contribution in [1.29, 1.82) is 0 Å². The summed E-state index contributed by atoms with van der Waals surface area (Å²) in [5.41, 5.74) is 2.88. The Morgan fingerprint density at radius 3 is 2.77 bits per heavy atom. The summed E-state index contributed by atoms with van der Waals surface area (Å²) in [6.07, 6.45) is 5.86. The molecule has 1 unspecified atom stereocenters. The Morgan fingerprint density at radius 1 is 1.31 bits per heavy atom. The van der Waals surface area contributed by atoms with Crippen LogP contribution in [0.2, 0.25) is 0 Å². The third-order valence-corrected chi connectivity index (χ3v) is 5.16. The van der Waals surface area contributed by atoms with E-state index in [1.807, 2.05) is 41.9 Å². The van der Waals surface area contributed by atoms with Crippen molar-refractivity contribution < 1.29 is 4.79 Å². The number of aromatic nitrogens is 3. The van der Waals surface area contributed by atoms with Gasteiger partial charge in [-0.25, -0.2) is 0 Å². The lowest BCUT2D eigenvalue weighted by molar-refractivity contribution is 0.0558. The van der Waals surface area contributed by atoms with E-state index in [0.717, 1.165) is 51.3 Å². The average Bonchev–Trinajstić information content (AvgIpc) is 3.07. The van der Waals surface area contributed by atoms with Crippen LogP contribution in [0.1, 0.15) is 48.4 Å². The molecule has 0 saturated carbocycles. The minimum atomic E-state index is 0.108. The second-order valence-electron chi connectivity index (χ2n) is 6.95. The zero-order valence-corrected chi connectivity index (χ0v) is 16.1. The minimum Gasteiger partial charge on any atom is -0.336 e. The first kappa shape index (κ1) is 18.6. The van der Waals surface area contributed by atoms with E-state index in [0.29, 0.717) is 11.7 Å². The molecule has 1 amide bonds. The van der Waals surface area contributed by atoms with Gasteiger partial charge in [-0.15, -0.1) is 0 Å². The molecule has 0 aliphatic carbocycles. The van der Waals surface area contributed by atoms with Gasteiger partial charge in [-0.3, -0.25) is 19.4 Å². The summed E-state index contributed by atoms with van der Waals surface area (Å²) < 4.78 is 1.82. The second-order valence-corrected chi connectivity index (χ2v) is 6.95. The number of carbonyl (C=O) groups excluding carboxylic acids is 1. The highest BCUT2D eigenvalue weighted by molar-refractivity contribution is 5.92. The summed E-state index contributed by atoms with van der Waals surface area (Å²) in [5.74, 6) is 0.108. The van der Waals surface area contributed by atoms with Gasteiger partial charge in [0.2, 0.25) is 0 Å². The lowest BCUT2D eigenvalue weighted by Gasteiger charge is -2.39. The van der Waals surface area contributed by atoms with Crippen molar-refractivity contribution in [3.8, 4) is 0 Å². The van der Waals surface area contributed by atoms with Crippen LogP contribution < -0.4 is 0 Å². The van der Waals surface area contributed by atoms with Gasteiger partial charge >= 0.3 is 0 Å². The molecule has 1 saturated heterocycles. The summed E-state index contributed by atoms with van der Waals surface area (Å²) >= 11 is 0. The number of likely N-dealkylation sites (N-methyl/N-ethyl adjacent to an activating group) is 1. The predicted octanol–water partition coefficient (Wildman–Crippen LogP) is 2.73. The van der Waals surface area contributed by atoms with Crippen molar-refractivity contribution in [2.45, 2.75) is 52.7 Å². The molecule has 0 radical (unpaired) electrons. The largest absolute Gasteiger partial charge is 0.336 e. The van der Waals surface area contributed by atoms with E-state index in [9.17, 15) is 4.79 Å². The highest BCUT2D eigenvalue weighted by Crippen LogP contribution is 2.20. The van der Waals surface area contributed by atoms with E-state index in [1.165, 1.54) is 5.56 Å². The quantitative estimate of drug-likeness (QED) is 0.799. The molecule has 140 valence electrons. The molecule has 0 spiro atoms. The zero-order valence-electron chi connectivity index (χ0n) is 16.1. The number of hydrogen-bond donors (Lipinski definition) is 0. The number of amides is 1. The smallest absolute Gasteiger partial charge is 0.272 e. The molecule has 6 nitrogen and oxygen atoms in total. The summed E-state index contributed by atoms with van der Waals surface area (Å²) in [4.78, 5) is 21.6. The normalized spacial score (nSPS) is 17.7. The van der Waals surface area contributed by atoms with Gasteiger partial charge in [-0.2, -0.15) is 5.10 Å². The topological polar surface area (TPSA) is 54.3 Å². The molecule has 26 heavy (non-hydrogen) atoms. The van der Waals surface area contributed by atoms with Crippen LogP contribution in [0, 0.1) is 6.92 Å². The molecule has 0 bridgehead atoms. The third kappa shape index (κ3) is 4.12. The van der Waals surface area contributed by atoms with Gasteiger partial charge < -0.3 is 4.90 Å². The van der Waals surface area contributed by atoms with Crippen LogP contribution in [0.5, 0.6) is 0 Å². The Morgan fingerprint density at radius 2 is 2.08 bits per heavy atom. The maximum atomic E-state index is 13.0. The fraction of sp³-hybridized carbons (Fsp3) is 0.550. The van der Waals surface area contributed by atoms with Crippen molar-refractivity contribution >= 4 is 5.91 Å². The Hall–Kier alpha value is -2.21. The van der Waals surface area contributed by atoms with Crippen LogP contribution in [0.25, 0.3) is 0 Å². The first-order valence-electron chi connectivity index (χ1n) is 9.59. The number of rotatable bonds is 6. The van der Waals surface area contributed by atoms with Gasteiger partial charge in [0.05, 0.1) is 5.69 Å². The number of hydrogen-bond acceptors (Lipinski definition) is 4. The molecule has 3 heterocycles. The molecule has 1 atom stereocenters. The number of likely N-dealkylation sites (tertiary alicyclic amines) is 1. The molecule has 6 heteroatoms. The SMILES string of the molecule is CCN(Cc1ccncc1)C1CCCN(C(=O)c2cc(C)nn2CC)C1. The molecule has 1 aliphatic rings. The van der Waals surface area contributed by atoms with Gasteiger partial charge in [0, 0.05) is 44.6 Å². The van der Waals surface area contributed by atoms with Gasteiger partial charge in [-0.1, -0.05) is 6.92 Å².